The summed E-state index contributed by atoms with van der Waals surface area (Å²) < 4.78 is 12.8. The Morgan fingerprint density at radius 2 is 1.97 bits per heavy atom. The van der Waals surface area contributed by atoms with Crippen LogP contribution >= 0.6 is 11.8 Å². The molecule has 0 saturated carbocycles. The van der Waals surface area contributed by atoms with E-state index in [4.69, 9.17) is 9.15 Å². The van der Waals surface area contributed by atoms with Crippen molar-refractivity contribution >= 4 is 17.7 Å². The summed E-state index contributed by atoms with van der Waals surface area (Å²) in [6, 6.07) is 11.8. The largest absolute Gasteiger partial charge is 0.461 e. The first-order valence-corrected chi connectivity index (χ1v) is 11.0. The smallest absolute Gasteiger partial charge is 0.230 e. The molecule has 4 rings (SSSR count). The molecule has 30 heavy (non-hydrogen) atoms. The Morgan fingerprint density at radius 1 is 1.17 bits per heavy atom. The lowest BCUT2D eigenvalue weighted by molar-refractivity contribution is -0.118. The van der Waals surface area contributed by atoms with Crippen molar-refractivity contribution in [2.24, 2.45) is 0 Å². The zero-order valence-electron chi connectivity index (χ0n) is 16.9. The fraction of sp³-hybridized carbons (Fsp3) is 0.381. The van der Waals surface area contributed by atoms with Gasteiger partial charge in [0.2, 0.25) is 11.7 Å². The third kappa shape index (κ3) is 5.10. The topological polar surface area (TPSA) is 85.4 Å². The lowest BCUT2D eigenvalue weighted by Gasteiger charge is -2.26. The van der Waals surface area contributed by atoms with Gasteiger partial charge < -0.3 is 14.5 Å². The van der Waals surface area contributed by atoms with Crippen molar-refractivity contribution in [2.45, 2.75) is 12.1 Å². The summed E-state index contributed by atoms with van der Waals surface area (Å²) in [5, 5.41) is 12.2. The molecule has 1 fully saturated rings. The molecule has 0 unspecified atom stereocenters. The van der Waals surface area contributed by atoms with E-state index in [0.717, 1.165) is 38.5 Å². The molecular formula is C21H25N5O3S. The summed E-state index contributed by atoms with van der Waals surface area (Å²) in [7, 11) is 0. The van der Waals surface area contributed by atoms with Crippen molar-refractivity contribution in [3.05, 3.63) is 48.2 Å². The zero-order chi connectivity index (χ0) is 20.8. The van der Waals surface area contributed by atoms with Crippen LogP contribution in [-0.2, 0) is 9.53 Å². The van der Waals surface area contributed by atoms with E-state index in [-0.39, 0.29) is 11.7 Å². The number of ether oxygens (including phenoxy) is 1. The minimum atomic E-state index is -0.0220. The Labute approximate surface area is 179 Å². The Hall–Kier alpha value is -2.62. The number of thioether (sulfide) groups is 1. The maximum atomic E-state index is 12.3. The Kier molecular flexibility index (Phi) is 6.83. The highest BCUT2D eigenvalue weighted by Gasteiger charge is 2.19. The molecule has 1 aromatic carbocycles. The average Bonchev–Trinajstić information content (AvgIpc) is 3.43. The van der Waals surface area contributed by atoms with E-state index in [2.05, 4.69) is 20.4 Å². The van der Waals surface area contributed by atoms with Crippen molar-refractivity contribution in [2.75, 3.05) is 45.1 Å². The molecule has 3 aromatic rings. The lowest BCUT2D eigenvalue weighted by atomic mass is 10.2. The standard InChI is InChI=1S/C21H25N5O3S/c1-16-4-6-17(7-5-16)26-20(18-3-2-12-29-18)23-24-21(26)30-15-19(27)22-8-9-25-10-13-28-14-11-25/h2-7,12H,8-11,13-15H2,1H3,(H,22,27). The van der Waals surface area contributed by atoms with Gasteiger partial charge in [-0.2, -0.15) is 0 Å². The highest BCUT2D eigenvalue weighted by atomic mass is 32.2. The second kappa shape index (κ2) is 9.92. The first-order valence-electron chi connectivity index (χ1n) is 9.96. The van der Waals surface area contributed by atoms with E-state index >= 15 is 0 Å². The second-order valence-electron chi connectivity index (χ2n) is 7.05. The van der Waals surface area contributed by atoms with Crippen LogP contribution in [0.4, 0.5) is 0 Å². The van der Waals surface area contributed by atoms with Crippen molar-refractivity contribution in [1.29, 1.82) is 0 Å². The molecule has 0 bridgehead atoms. The number of aryl methyl sites for hydroxylation is 1. The number of nitrogens with one attached hydrogen (secondary N) is 1. The summed E-state index contributed by atoms with van der Waals surface area (Å²) >= 11 is 1.36. The van der Waals surface area contributed by atoms with Crippen LogP contribution in [0.2, 0.25) is 0 Å². The van der Waals surface area contributed by atoms with E-state index in [1.165, 1.54) is 17.3 Å². The molecule has 1 aliphatic rings. The molecule has 0 radical (unpaired) electrons. The van der Waals surface area contributed by atoms with E-state index < -0.39 is 0 Å². The van der Waals surface area contributed by atoms with Crippen molar-refractivity contribution in [3.63, 3.8) is 0 Å². The Bertz CT molecular complexity index is 950. The molecule has 0 spiro atoms. The van der Waals surface area contributed by atoms with Crippen LogP contribution in [0.5, 0.6) is 0 Å². The van der Waals surface area contributed by atoms with Gasteiger partial charge in [-0.1, -0.05) is 29.5 Å². The molecule has 9 heteroatoms. The number of hydrogen-bond acceptors (Lipinski definition) is 7. The molecule has 0 atom stereocenters. The summed E-state index contributed by atoms with van der Waals surface area (Å²) in [4.78, 5) is 14.6. The number of morpholine rings is 1. The fourth-order valence-electron chi connectivity index (χ4n) is 3.21. The number of aromatic nitrogens is 3. The van der Waals surface area contributed by atoms with Gasteiger partial charge >= 0.3 is 0 Å². The van der Waals surface area contributed by atoms with Gasteiger partial charge in [0.05, 0.1) is 25.2 Å². The van der Waals surface area contributed by atoms with Gasteiger partial charge in [-0.15, -0.1) is 10.2 Å². The van der Waals surface area contributed by atoms with E-state index in [9.17, 15) is 4.79 Å². The van der Waals surface area contributed by atoms with Crippen LogP contribution in [0.15, 0.2) is 52.2 Å². The van der Waals surface area contributed by atoms with Gasteiger partial charge in [0, 0.05) is 31.9 Å². The number of rotatable bonds is 8. The summed E-state index contributed by atoms with van der Waals surface area (Å²) in [6.07, 6.45) is 1.61. The molecule has 158 valence electrons. The molecule has 1 saturated heterocycles. The zero-order valence-corrected chi connectivity index (χ0v) is 17.7. The molecule has 1 amide bonds. The number of amides is 1. The van der Waals surface area contributed by atoms with Crippen LogP contribution in [0, 0.1) is 6.92 Å². The van der Waals surface area contributed by atoms with Gasteiger partial charge in [-0.05, 0) is 31.2 Å². The average molecular weight is 428 g/mol. The maximum absolute atomic E-state index is 12.3. The van der Waals surface area contributed by atoms with Gasteiger partial charge in [-0.25, -0.2) is 0 Å². The van der Waals surface area contributed by atoms with Crippen LogP contribution < -0.4 is 5.32 Å². The molecule has 2 aromatic heterocycles. The normalized spacial score (nSPS) is 14.7. The highest BCUT2D eigenvalue weighted by Crippen LogP contribution is 2.28. The maximum Gasteiger partial charge on any atom is 0.230 e. The van der Waals surface area contributed by atoms with Crippen molar-refractivity contribution < 1.29 is 13.9 Å². The third-order valence-electron chi connectivity index (χ3n) is 4.85. The van der Waals surface area contributed by atoms with Crippen LogP contribution in [-0.4, -0.2) is 70.7 Å². The Morgan fingerprint density at radius 3 is 2.70 bits per heavy atom. The van der Waals surface area contributed by atoms with E-state index in [1.807, 2.05) is 47.9 Å². The molecule has 1 N–H and O–H groups in total. The third-order valence-corrected chi connectivity index (χ3v) is 5.78. The van der Waals surface area contributed by atoms with Gasteiger partial charge in [0.15, 0.2) is 10.9 Å². The fourth-order valence-corrected chi connectivity index (χ4v) is 4.00. The number of nitrogens with zero attached hydrogens (tertiary/aromatic N) is 4. The summed E-state index contributed by atoms with van der Waals surface area (Å²) in [5.74, 6) is 1.49. The number of carbonyl (C=O) groups excluding carboxylic acids is 1. The summed E-state index contributed by atoms with van der Waals surface area (Å²) in [5.41, 5.74) is 2.09. The molecule has 1 aliphatic heterocycles. The van der Waals surface area contributed by atoms with Gasteiger partial charge in [0.25, 0.3) is 0 Å². The van der Waals surface area contributed by atoms with Crippen LogP contribution in [0.3, 0.4) is 0 Å². The quantitative estimate of drug-likeness (QED) is 0.553. The number of hydrogen-bond donors (Lipinski definition) is 1. The summed E-state index contributed by atoms with van der Waals surface area (Å²) in [6.45, 7) is 6.86. The Balaban J connectivity index is 1.41. The number of benzene rings is 1. The van der Waals surface area contributed by atoms with Crippen LogP contribution in [0.25, 0.3) is 17.3 Å². The number of carbonyl (C=O) groups is 1. The predicted octanol–water partition coefficient (Wildman–Crippen LogP) is 2.38. The monoisotopic (exact) mass is 427 g/mol. The molecule has 0 aliphatic carbocycles. The minimum absolute atomic E-state index is 0.0220. The van der Waals surface area contributed by atoms with Crippen molar-refractivity contribution in [3.8, 4) is 17.3 Å². The van der Waals surface area contributed by atoms with E-state index in [1.54, 1.807) is 6.26 Å². The molecule has 8 nitrogen and oxygen atoms in total. The molecular weight excluding hydrogens is 402 g/mol. The highest BCUT2D eigenvalue weighted by molar-refractivity contribution is 7.99. The minimum Gasteiger partial charge on any atom is -0.461 e. The van der Waals surface area contributed by atoms with Gasteiger partial charge in [-0.3, -0.25) is 14.3 Å². The second-order valence-corrected chi connectivity index (χ2v) is 7.99. The SMILES string of the molecule is Cc1ccc(-n2c(SCC(=O)NCCN3CCOCC3)nnc2-c2ccco2)cc1. The van der Waals surface area contributed by atoms with Gasteiger partial charge in [0.1, 0.15) is 0 Å². The number of furan rings is 1. The first-order chi connectivity index (χ1) is 14.7. The lowest BCUT2D eigenvalue weighted by Crippen LogP contribution is -2.41. The molecule has 3 heterocycles. The van der Waals surface area contributed by atoms with Crippen molar-refractivity contribution in [1.82, 2.24) is 25.0 Å². The first kappa shape index (κ1) is 20.6. The van der Waals surface area contributed by atoms with Crippen LogP contribution in [0.1, 0.15) is 5.56 Å². The predicted molar refractivity (Wildman–Crippen MR) is 115 cm³/mol. The van der Waals surface area contributed by atoms with E-state index in [0.29, 0.717) is 23.3 Å².